The molecule has 0 spiro atoms. The van der Waals surface area contributed by atoms with Crippen LogP contribution in [0, 0.1) is 10.1 Å². The van der Waals surface area contributed by atoms with Crippen molar-refractivity contribution in [1.29, 1.82) is 0 Å². The van der Waals surface area contributed by atoms with Gasteiger partial charge in [-0.05, 0) is 12.5 Å². The highest BCUT2D eigenvalue weighted by atomic mass is 16.6. The van der Waals surface area contributed by atoms with Crippen molar-refractivity contribution in [3.63, 3.8) is 0 Å². The Balaban J connectivity index is 2.68. The van der Waals surface area contributed by atoms with E-state index >= 15 is 0 Å². The molecular formula is C11H11N3O3. The molecule has 0 fully saturated rings. The van der Waals surface area contributed by atoms with Gasteiger partial charge in [0.2, 0.25) is 0 Å². The molecule has 0 unspecified atom stereocenters. The van der Waals surface area contributed by atoms with Crippen LogP contribution in [0.15, 0.2) is 18.3 Å². The molecule has 0 aliphatic heterocycles. The standard InChI is InChI=1S/C11H11N3O3/c1-2-9-10(5-6-15)13-7-8(14(16)17)3-4-11(13)12-9/h3-4,6-7H,2,5H2,1H3. The van der Waals surface area contributed by atoms with E-state index in [0.717, 1.165) is 17.7 Å². The summed E-state index contributed by atoms with van der Waals surface area (Å²) < 4.78 is 1.62. The van der Waals surface area contributed by atoms with Gasteiger partial charge in [0.15, 0.2) is 0 Å². The van der Waals surface area contributed by atoms with Gasteiger partial charge in [-0.25, -0.2) is 4.98 Å². The zero-order chi connectivity index (χ0) is 12.4. The summed E-state index contributed by atoms with van der Waals surface area (Å²) in [6.07, 6.45) is 3.09. The van der Waals surface area contributed by atoms with Crippen LogP contribution >= 0.6 is 0 Å². The molecule has 6 heteroatoms. The van der Waals surface area contributed by atoms with Crippen molar-refractivity contribution < 1.29 is 9.72 Å². The first-order valence-electron chi connectivity index (χ1n) is 5.25. The first-order valence-corrected chi connectivity index (χ1v) is 5.25. The highest BCUT2D eigenvalue weighted by Gasteiger charge is 2.13. The Morgan fingerprint density at radius 1 is 1.53 bits per heavy atom. The molecule has 0 radical (unpaired) electrons. The lowest BCUT2D eigenvalue weighted by Crippen LogP contribution is -1.98. The van der Waals surface area contributed by atoms with Crippen LogP contribution < -0.4 is 0 Å². The van der Waals surface area contributed by atoms with E-state index < -0.39 is 4.92 Å². The summed E-state index contributed by atoms with van der Waals surface area (Å²) in [6, 6.07) is 3.00. The third-order valence-electron chi connectivity index (χ3n) is 2.61. The molecule has 0 N–H and O–H groups in total. The Morgan fingerprint density at radius 2 is 2.29 bits per heavy atom. The van der Waals surface area contributed by atoms with Gasteiger partial charge in [-0.2, -0.15) is 0 Å². The number of fused-ring (bicyclic) bond motifs is 1. The monoisotopic (exact) mass is 233 g/mol. The maximum absolute atomic E-state index is 10.7. The lowest BCUT2D eigenvalue weighted by Gasteiger charge is -1.99. The average molecular weight is 233 g/mol. The summed E-state index contributed by atoms with van der Waals surface area (Å²) in [6.45, 7) is 1.94. The quantitative estimate of drug-likeness (QED) is 0.456. The number of hydrogen-bond acceptors (Lipinski definition) is 4. The topological polar surface area (TPSA) is 77.5 Å². The molecule has 0 aliphatic rings. The second-order valence-electron chi connectivity index (χ2n) is 3.60. The van der Waals surface area contributed by atoms with Crippen LogP contribution in [0.25, 0.3) is 5.65 Å². The molecule has 0 aromatic carbocycles. The summed E-state index contributed by atoms with van der Waals surface area (Å²) in [5.41, 5.74) is 2.15. The summed E-state index contributed by atoms with van der Waals surface area (Å²) in [7, 11) is 0. The number of aldehydes is 1. The zero-order valence-electron chi connectivity index (χ0n) is 9.29. The predicted molar refractivity (Wildman–Crippen MR) is 61.0 cm³/mol. The Kier molecular flexibility index (Phi) is 2.86. The minimum Gasteiger partial charge on any atom is -0.303 e. The minimum atomic E-state index is -0.463. The molecule has 0 aliphatic carbocycles. The second-order valence-corrected chi connectivity index (χ2v) is 3.60. The maximum Gasteiger partial charge on any atom is 0.286 e. The molecule has 2 aromatic rings. The fourth-order valence-corrected chi connectivity index (χ4v) is 1.82. The molecule has 2 heterocycles. The van der Waals surface area contributed by atoms with E-state index in [1.165, 1.54) is 12.3 Å². The van der Waals surface area contributed by atoms with E-state index in [0.29, 0.717) is 12.1 Å². The van der Waals surface area contributed by atoms with E-state index in [1.807, 2.05) is 6.92 Å². The maximum atomic E-state index is 10.7. The molecule has 0 amide bonds. The number of nitrogens with zero attached hydrogens (tertiary/aromatic N) is 3. The largest absolute Gasteiger partial charge is 0.303 e. The fourth-order valence-electron chi connectivity index (χ4n) is 1.82. The minimum absolute atomic E-state index is 0.00954. The van der Waals surface area contributed by atoms with Gasteiger partial charge < -0.3 is 4.79 Å². The highest BCUT2D eigenvalue weighted by Crippen LogP contribution is 2.18. The van der Waals surface area contributed by atoms with Crippen LogP contribution in [0.1, 0.15) is 18.3 Å². The highest BCUT2D eigenvalue weighted by molar-refractivity contribution is 5.57. The Morgan fingerprint density at radius 3 is 2.88 bits per heavy atom. The number of pyridine rings is 1. The summed E-state index contributed by atoms with van der Waals surface area (Å²) in [5, 5.41) is 10.7. The second kappa shape index (κ2) is 4.32. The Hall–Kier alpha value is -2.24. The first kappa shape index (κ1) is 11.3. The summed E-state index contributed by atoms with van der Waals surface area (Å²) in [5.74, 6) is 0. The lowest BCUT2D eigenvalue weighted by molar-refractivity contribution is -0.385. The summed E-state index contributed by atoms with van der Waals surface area (Å²) >= 11 is 0. The van der Waals surface area contributed by atoms with Crippen molar-refractivity contribution in [2.45, 2.75) is 19.8 Å². The molecular weight excluding hydrogens is 222 g/mol. The third kappa shape index (κ3) is 1.89. The Labute approximate surface area is 97.0 Å². The van der Waals surface area contributed by atoms with Crippen molar-refractivity contribution in [2.24, 2.45) is 0 Å². The van der Waals surface area contributed by atoms with Gasteiger partial charge in [-0.1, -0.05) is 6.92 Å². The molecule has 6 nitrogen and oxygen atoms in total. The van der Waals surface area contributed by atoms with Crippen LogP contribution in [0.3, 0.4) is 0 Å². The van der Waals surface area contributed by atoms with Gasteiger partial charge in [0.1, 0.15) is 11.9 Å². The van der Waals surface area contributed by atoms with Gasteiger partial charge in [0.25, 0.3) is 5.69 Å². The average Bonchev–Trinajstić information content (AvgIpc) is 2.67. The van der Waals surface area contributed by atoms with Gasteiger partial charge in [-0.15, -0.1) is 0 Å². The number of hydrogen-bond donors (Lipinski definition) is 0. The normalized spacial score (nSPS) is 10.6. The number of imidazole rings is 1. The van der Waals surface area contributed by atoms with E-state index in [-0.39, 0.29) is 12.1 Å². The van der Waals surface area contributed by atoms with E-state index in [9.17, 15) is 14.9 Å². The van der Waals surface area contributed by atoms with Crippen molar-refractivity contribution in [1.82, 2.24) is 9.38 Å². The number of carbonyl (C=O) groups excluding carboxylic acids is 1. The number of aryl methyl sites for hydroxylation is 1. The first-order chi connectivity index (χ1) is 8.17. The molecule has 88 valence electrons. The van der Waals surface area contributed by atoms with E-state index in [2.05, 4.69) is 4.98 Å². The van der Waals surface area contributed by atoms with Crippen molar-refractivity contribution in [3.05, 3.63) is 39.8 Å². The van der Waals surface area contributed by atoms with Gasteiger partial charge in [0.05, 0.1) is 22.5 Å². The van der Waals surface area contributed by atoms with Crippen LogP contribution in [-0.4, -0.2) is 20.6 Å². The van der Waals surface area contributed by atoms with Gasteiger partial charge in [0, 0.05) is 12.5 Å². The van der Waals surface area contributed by atoms with Crippen LogP contribution in [-0.2, 0) is 17.6 Å². The van der Waals surface area contributed by atoms with Crippen molar-refractivity contribution in [3.8, 4) is 0 Å². The molecule has 0 bridgehead atoms. The van der Waals surface area contributed by atoms with Crippen molar-refractivity contribution >= 4 is 17.6 Å². The van der Waals surface area contributed by atoms with Crippen LogP contribution in [0.5, 0.6) is 0 Å². The van der Waals surface area contributed by atoms with E-state index in [1.54, 1.807) is 10.5 Å². The summed E-state index contributed by atoms with van der Waals surface area (Å²) in [4.78, 5) is 25.2. The van der Waals surface area contributed by atoms with Crippen molar-refractivity contribution in [2.75, 3.05) is 0 Å². The molecule has 0 atom stereocenters. The van der Waals surface area contributed by atoms with Crippen LogP contribution in [0.2, 0.25) is 0 Å². The van der Waals surface area contributed by atoms with E-state index in [4.69, 9.17) is 0 Å². The lowest BCUT2D eigenvalue weighted by atomic mass is 10.2. The number of aromatic nitrogens is 2. The zero-order valence-corrected chi connectivity index (χ0v) is 9.29. The Bertz CT molecular complexity index is 589. The molecule has 2 aromatic heterocycles. The molecule has 17 heavy (non-hydrogen) atoms. The molecule has 2 rings (SSSR count). The third-order valence-corrected chi connectivity index (χ3v) is 2.61. The van der Waals surface area contributed by atoms with Gasteiger partial charge >= 0.3 is 0 Å². The molecule has 0 saturated heterocycles. The SMILES string of the molecule is CCc1nc2ccc([N+](=O)[O-])cn2c1CC=O. The number of nitro groups is 1. The fraction of sp³-hybridized carbons (Fsp3) is 0.273. The van der Waals surface area contributed by atoms with Crippen LogP contribution in [0.4, 0.5) is 5.69 Å². The smallest absolute Gasteiger partial charge is 0.286 e. The number of carbonyl (C=O) groups is 1. The van der Waals surface area contributed by atoms with Gasteiger partial charge in [-0.3, -0.25) is 14.5 Å². The number of rotatable bonds is 4. The predicted octanol–water partition coefficient (Wildman–Crippen LogP) is 1.55. The molecule has 0 saturated carbocycles.